The lowest BCUT2D eigenvalue weighted by molar-refractivity contribution is -0.150. The van der Waals surface area contributed by atoms with Crippen LogP contribution in [0.1, 0.15) is 65.7 Å². The molecule has 1 aromatic carbocycles. The fourth-order valence-electron chi connectivity index (χ4n) is 7.97. The Kier molecular flexibility index (Phi) is 11.2. The van der Waals surface area contributed by atoms with E-state index in [4.69, 9.17) is 14.5 Å². The quantitative estimate of drug-likeness (QED) is 0.231. The van der Waals surface area contributed by atoms with Crippen LogP contribution in [0.4, 0.5) is 8.78 Å². The number of benzene rings is 1. The number of methoxy groups -OCH3 is 1. The van der Waals surface area contributed by atoms with Gasteiger partial charge in [-0.3, -0.25) is 28.9 Å². The number of pyridine rings is 2. The van der Waals surface area contributed by atoms with E-state index in [9.17, 15) is 36.4 Å². The molecular formula is C42H50F2N6O8S. The van der Waals surface area contributed by atoms with Crippen molar-refractivity contribution in [2.24, 2.45) is 17.3 Å². The molecule has 2 saturated heterocycles. The van der Waals surface area contributed by atoms with Crippen LogP contribution < -0.4 is 19.5 Å². The number of sulfonamides is 1. The molecule has 0 bridgehead atoms. The van der Waals surface area contributed by atoms with E-state index in [2.05, 4.69) is 21.6 Å². The second kappa shape index (κ2) is 15.8. The fourth-order valence-corrected chi connectivity index (χ4v) is 9.33. The highest BCUT2D eigenvalue weighted by atomic mass is 32.2. The van der Waals surface area contributed by atoms with Gasteiger partial charge in [-0.15, -0.1) is 6.58 Å². The highest BCUT2D eigenvalue weighted by Crippen LogP contribution is 2.46. The number of alkyl halides is 2. The van der Waals surface area contributed by atoms with E-state index >= 15 is 0 Å². The largest absolute Gasteiger partial charge is 0.497 e. The summed E-state index contributed by atoms with van der Waals surface area (Å²) < 4.78 is 67.8. The summed E-state index contributed by atoms with van der Waals surface area (Å²) in [5.41, 5.74) is -0.800. The maximum Gasteiger partial charge on any atom is 0.259 e. The minimum Gasteiger partial charge on any atom is -0.497 e. The number of rotatable bonds is 13. The summed E-state index contributed by atoms with van der Waals surface area (Å²) >= 11 is 0. The van der Waals surface area contributed by atoms with Gasteiger partial charge in [-0.05, 0) is 48.9 Å². The molecule has 4 aliphatic rings. The number of nitrogens with zero attached hydrogens (tertiary/aromatic N) is 4. The number of ether oxygens (including phenoxy) is 2. The number of aromatic nitrogens is 2. The van der Waals surface area contributed by atoms with Crippen LogP contribution in [-0.4, -0.2) is 107 Å². The maximum absolute atomic E-state index is 14.8. The van der Waals surface area contributed by atoms with Gasteiger partial charge < -0.3 is 24.6 Å². The van der Waals surface area contributed by atoms with E-state index < -0.39 is 92.6 Å². The van der Waals surface area contributed by atoms with Crippen LogP contribution in [0.15, 0.2) is 61.3 Å². The van der Waals surface area contributed by atoms with Gasteiger partial charge in [-0.2, -0.15) is 0 Å². The molecule has 0 radical (unpaired) electrons. The van der Waals surface area contributed by atoms with Crippen molar-refractivity contribution in [3.63, 3.8) is 0 Å². The topological polar surface area (TPSA) is 177 Å². The Morgan fingerprint density at radius 3 is 2.41 bits per heavy atom. The Balaban J connectivity index is 1.21. The SMILES string of the molecule is C=CC1C[C@]1(NC(=O)[C@@H]1C[C@@H](Oc2cc(-c3ccccn3)nc3cc(OC)ccc23)CN1C(=O)C(CC(=O)N1CCC(F)(F)CC1)C(C)(C)C)C(=O)NS(=O)(=O)C1CC1. The summed E-state index contributed by atoms with van der Waals surface area (Å²) in [4.78, 5) is 68.6. The first-order chi connectivity index (χ1) is 27.8. The number of hydrogen-bond donors (Lipinski definition) is 2. The van der Waals surface area contributed by atoms with Gasteiger partial charge in [0.15, 0.2) is 0 Å². The van der Waals surface area contributed by atoms with Gasteiger partial charge in [-0.25, -0.2) is 22.2 Å². The first kappa shape index (κ1) is 42.0. The Labute approximate surface area is 342 Å². The smallest absolute Gasteiger partial charge is 0.259 e. The number of carbonyl (C=O) groups excluding carboxylic acids is 4. The van der Waals surface area contributed by atoms with Gasteiger partial charge in [0.05, 0.1) is 41.7 Å². The van der Waals surface area contributed by atoms with Crippen molar-refractivity contribution in [2.45, 2.75) is 94.6 Å². The third-order valence-electron chi connectivity index (χ3n) is 11.9. The summed E-state index contributed by atoms with van der Waals surface area (Å²) in [6.07, 6.45) is 2.05. The molecule has 59 heavy (non-hydrogen) atoms. The zero-order chi connectivity index (χ0) is 42.5. The van der Waals surface area contributed by atoms with Gasteiger partial charge >= 0.3 is 0 Å². The van der Waals surface area contributed by atoms with Crippen molar-refractivity contribution in [3.8, 4) is 22.9 Å². The molecule has 2 unspecified atom stereocenters. The Bertz CT molecular complexity index is 2260. The number of halogens is 2. The van der Waals surface area contributed by atoms with Crippen molar-refractivity contribution in [2.75, 3.05) is 26.7 Å². The minimum absolute atomic E-state index is 0.0285. The van der Waals surface area contributed by atoms with Crippen molar-refractivity contribution in [3.05, 3.63) is 61.3 Å². The Morgan fingerprint density at radius 2 is 1.80 bits per heavy atom. The van der Waals surface area contributed by atoms with E-state index in [-0.39, 0.29) is 38.9 Å². The van der Waals surface area contributed by atoms with E-state index in [0.717, 1.165) is 0 Å². The lowest BCUT2D eigenvalue weighted by atomic mass is 9.77. The molecule has 3 aromatic rings. The van der Waals surface area contributed by atoms with Crippen molar-refractivity contribution in [1.82, 2.24) is 29.8 Å². The van der Waals surface area contributed by atoms with Gasteiger partial charge in [0, 0.05) is 68.4 Å². The number of amides is 4. The summed E-state index contributed by atoms with van der Waals surface area (Å²) in [5, 5.41) is 2.75. The summed E-state index contributed by atoms with van der Waals surface area (Å²) in [5.74, 6) is -6.00. The molecule has 0 spiro atoms. The van der Waals surface area contributed by atoms with E-state index in [1.165, 1.54) is 15.9 Å². The number of nitrogens with one attached hydrogen (secondary N) is 2. The fraction of sp³-hybridized carbons (Fsp3) is 0.524. The Hall–Kier alpha value is -5.19. The monoisotopic (exact) mass is 836 g/mol. The number of carbonyl (C=O) groups is 4. The summed E-state index contributed by atoms with van der Waals surface area (Å²) in [6.45, 7) is 8.79. The van der Waals surface area contributed by atoms with Crippen molar-refractivity contribution in [1.29, 1.82) is 0 Å². The zero-order valence-corrected chi connectivity index (χ0v) is 34.4. The average molecular weight is 837 g/mol. The molecule has 4 heterocycles. The van der Waals surface area contributed by atoms with Crippen LogP contribution in [-0.2, 0) is 29.2 Å². The van der Waals surface area contributed by atoms with E-state index in [1.807, 2.05) is 6.07 Å². The van der Waals surface area contributed by atoms with Crippen LogP contribution in [0.2, 0.25) is 0 Å². The van der Waals surface area contributed by atoms with Crippen LogP contribution >= 0.6 is 0 Å². The predicted molar refractivity (Wildman–Crippen MR) is 214 cm³/mol. The molecule has 7 rings (SSSR count). The lowest BCUT2D eigenvalue weighted by Gasteiger charge is -2.37. The molecule has 2 N–H and O–H groups in total. The molecule has 4 amide bonds. The third-order valence-corrected chi connectivity index (χ3v) is 13.7. The van der Waals surface area contributed by atoms with Crippen LogP contribution in [0.5, 0.6) is 11.5 Å². The second-order valence-corrected chi connectivity index (χ2v) is 19.1. The number of piperidine rings is 1. The predicted octanol–water partition coefficient (Wildman–Crippen LogP) is 4.63. The van der Waals surface area contributed by atoms with E-state index in [1.54, 1.807) is 70.5 Å². The van der Waals surface area contributed by atoms with Crippen LogP contribution in [0, 0.1) is 17.3 Å². The molecule has 4 fully saturated rings. The first-order valence-corrected chi connectivity index (χ1v) is 21.4. The Morgan fingerprint density at radius 1 is 1.07 bits per heavy atom. The standard InChI is InChI=1S/C42H50F2N6O8S/c1-6-25-23-42(25,39(54)48-59(55,56)28-11-12-28)47-37(52)34-20-27(24-50(34)38(53)30(40(2,3)4)21-36(51)49-17-14-41(43,44)15-18-49)58-35-22-33(31-9-7-8-16-45-31)46-32-19-26(57-5)10-13-29(32)35/h6-10,13,16,19,22,25,27-28,30,34H,1,11-12,14-15,17-18,20-21,23-24H2,2-5H3,(H,47,52)(H,48,54)/t25?,27-,30?,34+,42-/m1/s1. The van der Waals surface area contributed by atoms with Gasteiger partial charge in [0.1, 0.15) is 29.2 Å². The lowest BCUT2D eigenvalue weighted by Crippen LogP contribution is -2.57. The zero-order valence-electron chi connectivity index (χ0n) is 33.6. The normalized spacial score (nSPS) is 24.5. The van der Waals surface area contributed by atoms with Crippen molar-refractivity contribution < 1.29 is 45.9 Å². The van der Waals surface area contributed by atoms with Gasteiger partial charge in [0.2, 0.25) is 27.7 Å². The number of hydrogen-bond acceptors (Lipinski definition) is 10. The summed E-state index contributed by atoms with van der Waals surface area (Å²) in [6, 6.07) is 11.2. The van der Waals surface area contributed by atoms with Crippen LogP contribution in [0.3, 0.4) is 0 Å². The molecule has 2 aromatic heterocycles. The molecule has 316 valence electrons. The third kappa shape index (κ3) is 8.89. The highest BCUT2D eigenvalue weighted by molar-refractivity contribution is 7.91. The van der Waals surface area contributed by atoms with Crippen LogP contribution in [0.25, 0.3) is 22.3 Å². The highest BCUT2D eigenvalue weighted by Gasteiger charge is 2.62. The molecule has 2 aliphatic heterocycles. The van der Waals surface area contributed by atoms with Crippen molar-refractivity contribution >= 4 is 44.6 Å². The molecular weight excluding hydrogens is 787 g/mol. The molecule has 5 atom stereocenters. The first-order valence-electron chi connectivity index (χ1n) is 19.9. The molecule has 17 heteroatoms. The summed E-state index contributed by atoms with van der Waals surface area (Å²) in [7, 11) is -2.41. The minimum atomic E-state index is -3.95. The molecule has 14 nitrogen and oxygen atoms in total. The molecule has 2 saturated carbocycles. The average Bonchev–Trinajstić information content (AvgIpc) is 4.13. The molecule has 2 aliphatic carbocycles. The van der Waals surface area contributed by atoms with Gasteiger partial charge in [0.25, 0.3) is 11.8 Å². The van der Waals surface area contributed by atoms with E-state index in [0.29, 0.717) is 46.6 Å². The number of likely N-dealkylation sites (tertiary alicyclic amines) is 2. The van der Waals surface area contributed by atoms with Gasteiger partial charge in [-0.1, -0.05) is 32.9 Å². The maximum atomic E-state index is 14.8. The number of fused-ring (bicyclic) bond motifs is 1. The second-order valence-electron chi connectivity index (χ2n) is 17.1.